The minimum Gasteiger partial charge on any atom is -0.494 e. The van der Waals surface area contributed by atoms with Gasteiger partial charge < -0.3 is 14.4 Å². The summed E-state index contributed by atoms with van der Waals surface area (Å²) in [6.07, 6.45) is 0. The molecule has 0 bridgehead atoms. The van der Waals surface area contributed by atoms with E-state index < -0.39 is 16.8 Å². The number of hydrogen-bond acceptors (Lipinski definition) is 6. The van der Waals surface area contributed by atoms with E-state index in [1.54, 1.807) is 14.0 Å². The maximum Gasteiger partial charge on any atom is 0.338 e. The molecule has 0 aromatic heterocycles. The van der Waals surface area contributed by atoms with Crippen LogP contribution in [0.25, 0.3) is 0 Å². The Hall–Kier alpha value is -3.42. The van der Waals surface area contributed by atoms with Crippen molar-refractivity contribution in [2.75, 3.05) is 20.3 Å². The second-order valence-corrected chi connectivity index (χ2v) is 5.98. The van der Waals surface area contributed by atoms with Gasteiger partial charge in [-0.15, -0.1) is 0 Å². The second-order valence-electron chi connectivity index (χ2n) is 5.98. The molecule has 0 unspecified atom stereocenters. The number of carbonyl (C=O) groups is 2. The number of non-ortho nitro benzene ring substituents is 1. The molecule has 0 aliphatic carbocycles. The lowest BCUT2D eigenvalue weighted by molar-refractivity contribution is -0.384. The summed E-state index contributed by atoms with van der Waals surface area (Å²) >= 11 is 0. The number of nitro benzene ring substituents is 1. The van der Waals surface area contributed by atoms with Gasteiger partial charge in [-0.2, -0.15) is 0 Å². The molecule has 8 heteroatoms. The molecular formula is C20H22N2O6. The zero-order chi connectivity index (χ0) is 20.7. The molecule has 2 rings (SSSR count). The molecule has 2 aromatic carbocycles. The minimum absolute atomic E-state index is 0.0335. The number of rotatable bonds is 8. The Morgan fingerprint density at radius 1 is 1.04 bits per heavy atom. The molecule has 2 aromatic rings. The van der Waals surface area contributed by atoms with Crippen LogP contribution >= 0.6 is 0 Å². The van der Waals surface area contributed by atoms with Crippen LogP contribution in [-0.4, -0.2) is 42.0 Å². The summed E-state index contributed by atoms with van der Waals surface area (Å²) in [7, 11) is 1.58. The van der Waals surface area contributed by atoms with E-state index >= 15 is 0 Å². The van der Waals surface area contributed by atoms with Crippen LogP contribution in [0.15, 0.2) is 42.5 Å². The Bertz CT molecular complexity index is 863. The average Bonchev–Trinajstić information content (AvgIpc) is 2.68. The van der Waals surface area contributed by atoms with E-state index in [9.17, 15) is 19.7 Å². The van der Waals surface area contributed by atoms with Gasteiger partial charge in [0.25, 0.3) is 11.6 Å². The number of ether oxygens (including phenoxy) is 2. The quantitative estimate of drug-likeness (QED) is 0.391. The standard InChI is InChI=1S/C20H22N2O6/c1-4-27-18-8-6-14(7-9-18)13-21(3)19(23)15-10-16(20(24)28-5-2)12-17(11-15)22(25)26/h6-12H,4-5,13H2,1-3H3. The van der Waals surface area contributed by atoms with Gasteiger partial charge in [0.15, 0.2) is 0 Å². The van der Waals surface area contributed by atoms with Crippen molar-refractivity contribution >= 4 is 17.6 Å². The summed E-state index contributed by atoms with van der Waals surface area (Å²) in [6, 6.07) is 10.9. The van der Waals surface area contributed by atoms with E-state index in [0.717, 1.165) is 23.4 Å². The molecule has 8 nitrogen and oxygen atoms in total. The zero-order valence-electron chi connectivity index (χ0n) is 16.0. The highest BCUT2D eigenvalue weighted by Gasteiger charge is 2.20. The summed E-state index contributed by atoms with van der Waals surface area (Å²) in [4.78, 5) is 36.7. The smallest absolute Gasteiger partial charge is 0.338 e. The summed E-state index contributed by atoms with van der Waals surface area (Å²) < 4.78 is 10.3. The van der Waals surface area contributed by atoms with Crippen molar-refractivity contribution in [2.24, 2.45) is 0 Å². The first kappa shape index (κ1) is 20.9. The molecular weight excluding hydrogens is 364 g/mol. The van der Waals surface area contributed by atoms with Crippen molar-refractivity contribution in [3.05, 3.63) is 69.3 Å². The molecule has 28 heavy (non-hydrogen) atoms. The summed E-state index contributed by atoms with van der Waals surface area (Å²) in [5, 5.41) is 11.2. The Balaban J connectivity index is 2.23. The van der Waals surface area contributed by atoms with Crippen LogP contribution in [0.5, 0.6) is 5.75 Å². The molecule has 0 radical (unpaired) electrons. The van der Waals surface area contributed by atoms with Gasteiger partial charge in [0, 0.05) is 31.3 Å². The van der Waals surface area contributed by atoms with Gasteiger partial charge in [0.05, 0.1) is 23.7 Å². The molecule has 0 heterocycles. The monoisotopic (exact) mass is 386 g/mol. The van der Waals surface area contributed by atoms with Gasteiger partial charge in [-0.1, -0.05) is 12.1 Å². The lowest BCUT2D eigenvalue weighted by Gasteiger charge is -2.18. The van der Waals surface area contributed by atoms with Crippen LogP contribution in [0.1, 0.15) is 40.1 Å². The van der Waals surface area contributed by atoms with Crippen molar-refractivity contribution in [1.29, 1.82) is 0 Å². The lowest BCUT2D eigenvalue weighted by Crippen LogP contribution is -2.26. The van der Waals surface area contributed by atoms with Gasteiger partial charge >= 0.3 is 5.97 Å². The fourth-order valence-corrected chi connectivity index (χ4v) is 2.60. The van der Waals surface area contributed by atoms with Crippen LogP contribution in [0.2, 0.25) is 0 Å². The third-order valence-corrected chi connectivity index (χ3v) is 3.89. The molecule has 1 amide bonds. The van der Waals surface area contributed by atoms with E-state index in [-0.39, 0.29) is 23.4 Å². The van der Waals surface area contributed by atoms with E-state index in [1.807, 2.05) is 31.2 Å². The molecule has 0 aliphatic heterocycles. The molecule has 148 valence electrons. The highest BCUT2D eigenvalue weighted by molar-refractivity contribution is 5.98. The maximum atomic E-state index is 12.8. The largest absolute Gasteiger partial charge is 0.494 e. The average molecular weight is 386 g/mol. The van der Waals surface area contributed by atoms with Crippen molar-refractivity contribution in [3.63, 3.8) is 0 Å². The summed E-state index contributed by atoms with van der Waals surface area (Å²) in [6.45, 7) is 4.51. The Labute approximate surface area is 162 Å². The van der Waals surface area contributed by atoms with Crippen molar-refractivity contribution in [2.45, 2.75) is 20.4 Å². The normalized spacial score (nSPS) is 10.2. The first-order valence-corrected chi connectivity index (χ1v) is 8.79. The number of hydrogen-bond donors (Lipinski definition) is 0. The molecule has 0 aliphatic rings. The topological polar surface area (TPSA) is 99.0 Å². The zero-order valence-corrected chi connectivity index (χ0v) is 16.0. The third-order valence-electron chi connectivity index (χ3n) is 3.89. The van der Waals surface area contributed by atoms with E-state index in [0.29, 0.717) is 13.2 Å². The first-order valence-electron chi connectivity index (χ1n) is 8.79. The maximum absolute atomic E-state index is 12.8. The predicted molar refractivity (Wildman–Crippen MR) is 102 cm³/mol. The molecule has 0 saturated heterocycles. The summed E-state index contributed by atoms with van der Waals surface area (Å²) in [5.74, 6) is -0.421. The SMILES string of the molecule is CCOC(=O)c1cc(C(=O)N(C)Cc2ccc(OCC)cc2)cc([N+](=O)[O-])c1. The van der Waals surface area contributed by atoms with Crippen LogP contribution in [0.3, 0.4) is 0 Å². The van der Waals surface area contributed by atoms with E-state index in [1.165, 1.54) is 11.0 Å². The first-order chi connectivity index (χ1) is 13.3. The molecule has 0 N–H and O–H groups in total. The molecule has 0 saturated carbocycles. The third kappa shape index (κ3) is 5.29. The minimum atomic E-state index is -0.714. The van der Waals surface area contributed by atoms with Gasteiger partial charge in [0.2, 0.25) is 0 Å². The molecule has 0 atom stereocenters. The summed E-state index contributed by atoms with van der Waals surface area (Å²) in [5.41, 5.74) is 0.540. The Morgan fingerprint density at radius 2 is 1.68 bits per heavy atom. The van der Waals surface area contributed by atoms with Gasteiger partial charge in [-0.05, 0) is 37.6 Å². The number of nitrogens with zero attached hydrogens (tertiary/aromatic N) is 2. The number of esters is 1. The number of carbonyl (C=O) groups excluding carboxylic acids is 2. The van der Waals surface area contributed by atoms with Crippen molar-refractivity contribution in [1.82, 2.24) is 4.90 Å². The fraction of sp³-hybridized carbons (Fsp3) is 0.300. The molecule has 0 fully saturated rings. The Morgan fingerprint density at radius 3 is 2.25 bits per heavy atom. The highest BCUT2D eigenvalue weighted by atomic mass is 16.6. The highest BCUT2D eigenvalue weighted by Crippen LogP contribution is 2.20. The predicted octanol–water partition coefficient (Wildman–Crippen LogP) is 3.44. The van der Waals surface area contributed by atoms with Gasteiger partial charge in [-0.25, -0.2) is 4.79 Å². The Kier molecular flexibility index (Phi) is 7.08. The number of nitro groups is 1. The van der Waals surface area contributed by atoms with Gasteiger partial charge in [0.1, 0.15) is 5.75 Å². The molecule has 0 spiro atoms. The van der Waals surface area contributed by atoms with Crippen molar-refractivity contribution in [3.8, 4) is 5.75 Å². The van der Waals surface area contributed by atoms with Crippen LogP contribution in [-0.2, 0) is 11.3 Å². The van der Waals surface area contributed by atoms with E-state index in [4.69, 9.17) is 9.47 Å². The number of amides is 1. The van der Waals surface area contributed by atoms with Crippen LogP contribution in [0, 0.1) is 10.1 Å². The lowest BCUT2D eigenvalue weighted by atomic mass is 10.1. The van der Waals surface area contributed by atoms with Crippen molar-refractivity contribution < 1.29 is 24.0 Å². The van der Waals surface area contributed by atoms with E-state index in [2.05, 4.69) is 0 Å². The second kappa shape index (κ2) is 9.50. The fourth-order valence-electron chi connectivity index (χ4n) is 2.60. The van der Waals surface area contributed by atoms with Gasteiger partial charge in [-0.3, -0.25) is 14.9 Å². The van der Waals surface area contributed by atoms with Crippen LogP contribution < -0.4 is 4.74 Å². The number of benzene rings is 2. The van der Waals surface area contributed by atoms with Crippen LogP contribution in [0.4, 0.5) is 5.69 Å².